The second kappa shape index (κ2) is 12.3. The van der Waals surface area contributed by atoms with Crippen LogP contribution in [0.3, 0.4) is 0 Å². The third kappa shape index (κ3) is 11.3. The molecule has 0 heterocycles. The molecule has 1 unspecified atom stereocenters. The van der Waals surface area contributed by atoms with Crippen LogP contribution in [0.25, 0.3) is 0 Å². The van der Waals surface area contributed by atoms with E-state index in [9.17, 15) is 0 Å². The zero-order valence-corrected chi connectivity index (χ0v) is 13.7. The Hall–Kier alpha value is 0.230. The minimum atomic E-state index is 0.355. The number of hydrogen-bond donors (Lipinski definition) is 1. The standard InChI is InChI=1S/C14H32N2OS/c1-13(2)17-11-6-8-15-9-10-16(4)14(3)7-12-18-5/h13-15H,6-12H2,1-5H3. The van der Waals surface area contributed by atoms with Gasteiger partial charge in [-0.2, -0.15) is 11.8 Å². The van der Waals surface area contributed by atoms with Crippen molar-refractivity contribution in [2.24, 2.45) is 0 Å². The zero-order chi connectivity index (χ0) is 13.8. The van der Waals surface area contributed by atoms with E-state index in [2.05, 4.69) is 44.3 Å². The smallest absolute Gasteiger partial charge is 0.0518 e. The molecule has 0 aromatic heterocycles. The number of thioether (sulfide) groups is 1. The molecule has 0 aliphatic heterocycles. The molecule has 0 aromatic rings. The fraction of sp³-hybridized carbons (Fsp3) is 1.00. The maximum absolute atomic E-state index is 5.50. The quantitative estimate of drug-likeness (QED) is 0.554. The largest absolute Gasteiger partial charge is 0.379 e. The molecule has 0 amide bonds. The molecule has 0 saturated heterocycles. The van der Waals surface area contributed by atoms with Crippen LogP contribution in [-0.2, 0) is 4.74 Å². The lowest BCUT2D eigenvalue weighted by Crippen LogP contribution is -2.36. The molecule has 0 aromatic carbocycles. The lowest BCUT2D eigenvalue weighted by Gasteiger charge is -2.24. The molecule has 0 saturated carbocycles. The van der Waals surface area contributed by atoms with Crippen molar-refractivity contribution in [3.63, 3.8) is 0 Å². The number of hydrogen-bond acceptors (Lipinski definition) is 4. The molecular formula is C14H32N2OS. The summed E-state index contributed by atoms with van der Waals surface area (Å²) < 4.78 is 5.50. The van der Waals surface area contributed by atoms with Gasteiger partial charge in [0.2, 0.25) is 0 Å². The predicted molar refractivity (Wildman–Crippen MR) is 83.7 cm³/mol. The molecule has 1 atom stereocenters. The van der Waals surface area contributed by atoms with E-state index in [4.69, 9.17) is 4.74 Å². The van der Waals surface area contributed by atoms with Gasteiger partial charge < -0.3 is 15.0 Å². The van der Waals surface area contributed by atoms with Crippen molar-refractivity contribution in [2.75, 3.05) is 45.3 Å². The Morgan fingerprint density at radius 2 is 1.94 bits per heavy atom. The van der Waals surface area contributed by atoms with Gasteiger partial charge in [0, 0.05) is 25.7 Å². The summed E-state index contributed by atoms with van der Waals surface area (Å²) in [5.74, 6) is 1.26. The molecule has 0 bridgehead atoms. The minimum absolute atomic E-state index is 0.355. The molecule has 0 radical (unpaired) electrons. The second-order valence-electron chi connectivity index (χ2n) is 5.13. The van der Waals surface area contributed by atoms with Gasteiger partial charge in [0.05, 0.1) is 6.10 Å². The first-order valence-electron chi connectivity index (χ1n) is 7.09. The van der Waals surface area contributed by atoms with E-state index >= 15 is 0 Å². The molecule has 3 nitrogen and oxygen atoms in total. The van der Waals surface area contributed by atoms with Gasteiger partial charge in [-0.1, -0.05) is 0 Å². The van der Waals surface area contributed by atoms with Crippen molar-refractivity contribution in [3.05, 3.63) is 0 Å². The van der Waals surface area contributed by atoms with Crippen molar-refractivity contribution < 1.29 is 4.74 Å². The normalized spacial score (nSPS) is 13.5. The summed E-state index contributed by atoms with van der Waals surface area (Å²) in [5, 5.41) is 3.47. The van der Waals surface area contributed by atoms with E-state index in [1.165, 1.54) is 12.2 Å². The van der Waals surface area contributed by atoms with Crippen LogP contribution in [0.1, 0.15) is 33.6 Å². The van der Waals surface area contributed by atoms with E-state index in [1.54, 1.807) is 0 Å². The van der Waals surface area contributed by atoms with Crippen LogP contribution in [0.2, 0.25) is 0 Å². The molecule has 110 valence electrons. The Morgan fingerprint density at radius 3 is 2.56 bits per heavy atom. The van der Waals surface area contributed by atoms with Crippen LogP contribution in [0.4, 0.5) is 0 Å². The lowest BCUT2D eigenvalue weighted by atomic mass is 10.2. The first-order valence-corrected chi connectivity index (χ1v) is 8.48. The van der Waals surface area contributed by atoms with Gasteiger partial charge in [-0.05, 0) is 59.2 Å². The Kier molecular flexibility index (Phi) is 12.4. The first kappa shape index (κ1) is 18.2. The Balaban J connectivity index is 3.31. The zero-order valence-electron chi connectivity index (χ0n) is 12.9. The highest BCUT2D eigenvalue weighted by Crippen LogP contribution is 2.05. The van der Waals surface area contributed by atoms with Gasteiger partial charge in [0.15, 0.2) is 0 Å². The van der Waals surface area contributed by atoms with E-state index < -0.39 is 0 Å². The molecule has 4 heteroatoms. The van der Waals surface area contributed by atoms with Crippen molar-refractivity contribution in [3.8, 4) is 0 Å². The Morgan fingerprint density at radius 1 is 1.22 bits per heavy atom. The maximum atomic E-state index is 5.50. The van der Waals surface area contributed by atoms with Crippen LogP contribution >= 0.6 is 11.8 Å². The molecule has 18 heavy (non-hydrogen) atoms. The molecule has 0 aliphatic carbocycles. The third-order valence-electron chi connectivity index (χ3n) is 3.08. The number of rotatable bonds is 12. The number of ether oxygens (including phenoxy) is 1. The Bertz CT molecular complexity index is 179. The van der Waals surface area contributed by atoms with E-state index in [-0.39, 0.29) is 0 Å². The summed E-state index contributed by atoms with van der Waals surface area (Å²) >= 11 is 1.93. The van der Waals surface area contributed by atoms with Gasteiger partial charge in [-0.15, -0.1) is 0 Å². The number of nitrogens with zero attached hydrogens (tertiary/aromatic N) is 1. The Labute approximate surface area is 118 Å². The van der Waals surface area contributed by atoms with Gasteiger partial charge in [0.1, 0.15) is 0 Å². The van der Waals surface area contributed by atoms with Gasteiger partial charge >= 0.3 is 0 Å². The third-order valence-corrected chi connectivity index (χ3v) is 3.73. The van der Waals surface area contributed by atoms with Crippen LogP contribution in [0, 0.1) is 0 Å². The SMILES string of the molecule is CSCCC(C)N(C)CCNCCCOC(C)C. The highest BCUT2D eigenvalue weighted by molar-refractivity contribution is 7.98. The average Bonchev–Trinajstić information content (AvgIpc) is 2.34. The van der Waals surface area contributed by atoms with Crippen LogP contribution in [-0.4, -0.2) is 62.3 Å². The molecule has 0 aliphatic rings. The highest BCUT2D eigenvalue weighted by atomic mass is 32.2. The van der Waals surface area contributed by atoms with E-state index in [0.717, 1.165) is 32.7 Å². The van der Waals surface area contributed by atoms with Gasteiger partial charge in [-0.25, -0.2) is 0 Å². The number of nitrogens with one attached hydrogen (secondary N) is 1. The molecule has 0 spiro atoms. The van der Waals surface area contributed by atoms with Gasteiger partial charge in [-0.3, -0.25) is 0 Å². The molecule has 1 N–H and O–H groups in total. The summed E-state index contributed by atoms with van der Waals surface area (Å²) in [6.07, 6.45) is 4.91. The summed E-state index contributed by atoms with van der Waals surface area (Å²) in [6, 6.07) is 0.684. The lowest BCUT2D eigenvalue weighted by molar-refractivity contribution is 0.0770. The summed E-state index contributed by atoms with van der Waals surface area (Å²) in [6.45, 7) is 10.6. The van der Waals surface area contributed by atoms with Crippen molar-refractivity contribution in [1.82, 2.24) is 10.2 Å². The van der Waals surface area contributed by atoms with Crippen LogP contribution in [0.5, 0.6) is 0 Å². The highest BCUT2D eigenvalue weighted by Gasteiger charge is 2.07. The van der Waals surface area contributed by atoms with Gasteiger partial charge in [0.25, 0.3) is 0 Å². The number of likely N-dealkylation sites (N-methyl/N-ethyl adjacent to an activating group) is 1. The summed E-state index contributed by atoms with van der Waals surface area (Å²) in [7, 11) is 2.22. The van der Waals surface area contributed by atoms with Crippen molar-refractivity contribution >= 4 is 11.8 Å². The monoisotopic (exact) mass is 276 g/mol. The van der Waals surface area contributed by atoms with Crippen LogP contribution < -0.4 is 5.32 Å². The first-order chi connectivity index (χ1) is 8.57. The van der Waals surface area contributed by atoms with E-state index in [0.29, 0.717) is 12.1 Å². The summed E-state index contributed by atoms with van der Waals surface area (Å²) in [4.78, 5) is 2.44. The maximum Gasteiger partial charge on any atom is 0.0518 e. The molecular weight excluding hydrogens is 244 g/mol. The van der Waals surface area contributed by atoms with Crippen LogP contribution in [0.15, 0.2) is 0 Å². The summed E-state index contributed by atoms with van der Waals surface area (Å²) in [5.41, 5.74) is 0. The fourth-order valence-corrected chi connectivity index (χ4v) is 2.20. The molecule has 0 fully saturated rings. The molecule has 0 rings (SSSR count). The predicted octanol–water partition coefficient (Wildman–Crippen LogP) is 2.46. The van der Waals surface area contributed by atoms with Crippen molar-refractivity contribution in [1.29, 1.82) is 0 Å². The average molecular weight is 276 g/mol. The van der Waals surface area contributed by atoms with Crippen molar-refractivity contribution in [2.45, 2.75) is 45.8 Å². The second-order valence-corrected chi connectivity index (χ2v) is 6.12. The van der Waals surface area contributed by atoms with E-state index in [1.807, 2.05) is 11.8 Å². The topological polar surface area (TPSA) is 24.5 Å². The fourth-order valence-electron chi connectivity index (χ4n) is 1.63. The minimum Gasteiger partial charge on any atom is -0.379 e.